The fourth-order valence-electron chi connectivity index (χ4n) is 3.54. The molecule has 0 fully saturated rings. The highest BCUT2D eigenvalue weighted by Crippen LogP contribution is 2.30. The molecule has 2 aromatic heterocycles. The molecule has 0 radical (unpaired) electrons. The van der Waals surface area contributed by atoms with Crippen LogP contribution in [0.4, 0.5) is 4.39 Å². The molecule has 0 aliphatic carbocycles. The minimum Gasteiger partial charge on any atom is -0.494 e. The Balaban J connectivity index is 1.71. The van der Waals surface area contributed by atoms with Gasteiger partial charge in [0.15, 0.2) is 12.0 Å². The van der Waals surface area contributed by atoms with Crippen molar-refractivity contribution < 1.29 is 18.7 Å². The number of benzene rings is 2. The fraction of sp³-hybridized carbons (Fsp3) is 0.160. The van der Waals surface area contributed by atoms with Gasteiger partial charge in [0.1, 0.15) is 17.3 Å². The van der Waals surface area contributed by atoms with Crippen LogP contribution < -0.4 is 15.0 Å². The quantitative estimate of drug-likeness (QED) is 0.384. The van der Waals surface area contributed by atoms with Gasteiger partial charge < -0.3 is 18.6 Å². The maximum Gasteiger partial charge on any atom is 0.294 e. The summed E-state index contributed by atoms with van der Waals surface area (Å²) in [5, 5.41) is 0. The normalized spacial score (nSPS) is 11.8. The molecular formula is C25H22FN3O4. The van der Waals surface area contributed by atoms with E-state index in [0.717, 1.165) is 11.4 Å². The topological polar surface area (TPSA) is 75.3 Å². The fourth-order valence-corrected chi connectivity index (χ4v) is 3.54. The summed E-state index contributed by atoms with van der Waals surface area (Å²) in [7, 11) is 1.54. The molecule has 2 heterocycles. The number of aryl methyl sites for hydroxylation is 1. The van der Waals surface area contributed by atoms with Gasteiger partial charge in [0, 0.05) is 24.0 Å². The van der Waals surface area contributed by atoms with Crippen LogP contribution in [0.25, 0.3) is 5.69 Å². The summed E-state index contributed by atoms with van der Waals surface area (Å²) < 4.78 is 27.9. The number of aldehydes is 1. The van der Waals surface area contributed by atoms with E-state index >= 15 is 0 Å². The van der Waals surface area contributed by atoms with Crippen LogP contribution in [0.1, 0.15) is 34.6 Å². The van der Waals surface area contributed by atoms with E-state index in [0.29, 0.717) is 23.3 Å². The van der Waals surface area contributed by atoms with Gasteiger partial charge in [-0.25, -0.2) is 9.37 Å². The van der Waals surface area contributed by atoms with Gasteiger partial charge in [0.05, 0.1) is 30.9 Å². The smallest absolute Gasteiger partial charge is 0.294 e. The molecule has 4 aromatic rings. The number of rotatable bonds is 7. The highest BCUT2D eigenvalue weighted by atomic mass is 19.1. The Morgan fingerprint density at radius 2 is 1.82 bits per heavy atom. The molecule has 0 amide bonds. The molecule has 2 aromatic carbocycles. The second-order valence-corrected chi connectivity index (χ2v) is 7.55. The lowest BCUT2D eigenvalue weighted by Gasteiger charge is -2.18. The average Bonchev–Trinajstić information content (AvgIpc) is 3.26. The number of hydrogen-bond acceptors (Lipinski definition) is 5. The number of halogens is 1. The van der Waals surface area contributed by atoms with Crippen molar-refractivity contribution in [2.45, 2.75) is 19.9 Å². The molecule has 0 spiro atoms. The molecule has 0 N–H and O–H groups in total. The van der Waals surface area contributed by atoms with Gasteiger partial charge in [-0.15, -0.1) is 0 Å². The van der Waals surface area contributed by atoms with Crippen LogP contribution in [0.3, 0.4) is 0 Å². The van der Waals surface area contributed by atoms with Crippen LogP contribution >= 0.6 is 0 Å². The number of methoxy groups -OCH3 is 1. The van der Waals surface area contributed by atoms with Gasteiger partial charge in [-0.2, -0.15) is 0 Å². The largest absolute Gasteiger partial charge is 0.494 e. The van der Waals surface area contributed by atoms with E-state index in [-0.39, 0.29) is 17.1 Å². The first kappa shape index (κ1) is 22.0. The second-order valence-electron chi connectivity index (χ2n) is 7.55. The SMILES string of the molecule is COc1cc(Oc2cc(C=O)cn(C(C)c3ccc(F)cc3)c2=O)ccc1-n1cnc(C)c1. The van der Waals surface area contributed by atoms with E-state index in [1.165, 1.54) is 36.1 Å². The first-order valence-electron chi connectivity index (χ1n) is 10.2. The number of hydrogen-bond donors (Lipinski definition) is 0. The Hall–Kier alpha value is -4.20. The van der Waals surface area contributed by atoms with E-state index in [2.05, 4.69) is 4.98 Å². The zero-order valence-electron chi connectivity index (χ0n) is 18.4. The summed E-state index contributed by atoms with van der Waals surface area (Å²) in [6.45, 7) is 3.68. The lowest BCUT2D eigenvalue weighted by atomic mass is 10.1. The van der Waals surface area contributed by atoms with Gasteiger partial charge in [-0.1, -0.05) is 12.1 Å². The van der Waals surface area contributed by atoms with Crippen LogP contribution in [0.15, 0.2) is 72.0 Å². The maximum absolute atomic E-state index is 13.3. The lowest BCUT2D eigenvalue weighted by Crippen LogP contribution is -2.25. The highest BCUT2D eigenvalue weighted by Gasteiger charge is 2.16. The first-order chi connectivity index (χ1) is 15.9. The molecule has 33 heavy (non-hydrogen) atoms. The van der Waals surface area contributed by atoms with Gasteiger partial charge >= 0.3 is 0 Å². The van der Waals surface area contributed by atoms with E-state index in [4.69, 9.17) is 9.47 Å². The molecular weight excluding hydrogens is 425 g/mol. The Labute approximate surface area is 189 Å². The molecule has 0 aliphatic heterocycles. The lowest BCUT2D eigenvalue weighted by molar-refractivity contribution is 0.112. The van der Waals surface area contributed by atoms with Crippen molar-refractivity contribution in [3.8, 4) is 22.9 Å². The van der Waals surface area contributed by atoms with Crippen molar-refractivity contribution in [2.75, 3.05) is 7.11 Å². The van der Waals surface area contributed by atoms with E-state index in [1.807, 2.05) is 17.7 Å². The number of aromatic nitrogens is 3. The molecule has 7 nitrogen and oxygen atoms in total. The van der Waals surface area contributed by atoms with Crippen LogP contribution in [0, 0.1) is 12.7 Å². The predicted octanol–water partition coefficient (Wildman–Crippen LogP) is 4.70. The van der Waals surface area contributed by atoms with Gasteiger partial charge in [0.2, 0.25) is 0 Å². The van der Waals surface area contributed by atoms with Gasteiger partial charge in [-0.05, 0) is 49.7 Å². The number of pyridine rings is 1. The van der Waals surface area contributed by atoms with Gasteiger partial charge in [0.25, 0.3) is 5.56 Å². The van der Waals surface area contributed by atoms with Gasteiger partial charge in [-0.3, -0.25) is 9.59 Å². The van der Waals surface area contributed by atoms with Crippen molar-refractivity contribution in [1.29, 1.82) is 0 Å². The zero-order chi connectivity index (χ0) is 23.5. The minimum absolute atomic E-state index is 0.0122. The third-order valence-electron chi connectivity index (χ3n) is 5.31. The van der Waals surface area contributed by atoms with Crippen molar-refractivity contribution in [3.05, 3.63) is 100 Å². The summed E-state index contributed by atoms with van der Waals surface area (Å²) in [5.74, 6) is 0.513. The molecule has 168 valence electrons. The summed E-state index contributed by atoms with van der Waals surface area (Å²) in [4.78, 5) is 28.9. The number of imidazole rings is 1. The number of carbonyl (C=O) groups is 1. The number of carbonyl (C=O) groups excluding carboxylic acids is 1. The summed E-state index contributed by atoms with van der Waals surface area (Å²) in [6, 6.07) is 12.0. The number of nitrogens with zero attached hydrogens (tertiary/aromatic N) is 3. The predicted molar refractivity (Wildman–Crippen MR) is 121 cm³/mol. The molecule has 1 unspecified atom stereocenters. The molecule has 8 heteroatoms. The average molecular weight is 447 g/mol. The standard InChI is InChI=1S/C25H22FN3O4/c1-16-12-28(15-27-16)22-9-8-21(11-23(22)32-3)33-24-10-18(14-30)13-29(25(24)31)17(2)19-4-6-20(26)7-5-19/h4-15,17H,1-3H3. The zero-order valence-corrected chi connectivity index (χ0v) is 18.4. The molecule has 4 rings (SSSR count). The van der Waals surface area contributed by atoms with Crippen molar-refractivity contribution in [3.63, 3.8) is 0 Å². The first-order valence-corrected chi connectivity index (χ1v) is 10.2. The van der Waals surface area contributed by atoms with E-state index in [1.54, 1.807) is 43.6 Å². The second kappa shape index (κ2) is 9.12. The summed E-state index contributed by atoms with van der Waals surface area (Å²) in [6.07, 6.45) is 5.64. The number of ether oxygens (including phenoxy) is 2. The molecule has 0 saturated heterocycles. The maximum atomic E-state index is 13.3. The van der Waals surface area contributed by atoms with Crippen LogP contribution in [-0.4, -0.2) is 27.5 Å². The third-order valence-corrected chi connectivity index (χ3v) is 5.31. The highest BCUT2D eigenvalue weighted by molar-refractivity contribution is 5.75. The Morgan fingerprint density at radius 1 is 1.06 bits per heavy atom. The summed E-state index contributed by atoms with van der Waals surface area (Å²) in [5.41, 5.74) is 2.18. The Bertz CT molecular complexity index is 1360. The van der Waals surface area contributed by atoms with Crippen molar-refractivity contribution in [2.24, 2.45) is 0 Å². The van der Waals surface area contributed by atoms with Crippen molar-refractivity contribution >= 4 is 6.29 Å². The van der Waals surface area contributed by atoms with Crippen LogP contribution in [0.5, 0.6) is 17.2 Å². The minimum atomic E-state index is -0.443. The van der Waals surface area contributed by atoms with Crippen LogP contribution in [0.2, 0.25) is 0 Å². The molecule has 0 aliphatic rings. The molecule has 1 atom stereocenters. The molecule has 0 bridgehead atoms. The van der Waals surface area contributed by atoms with E-state index in [9.17, 15) is 14.0 Å². The Morgan fingerprint density at radius 3 is 2.45 bits per heavy atom. The summed E-state index contributed by atoms with van der Waals surface area (Å²) >= 11 is 0. The van der Waals surface area contributed by atoms with Crippen molar-refractivity contribution in [1.82, 2.24) is 14.1 Å². The molecule has 0 saturated carbocycles. The third kappa shape index (κ3) is 4.55. The van der Waals surface area contributed by atoms with E-state index < -0.39 is 11.6 Å². The van der Waals surface area contributed by atoms with Crippen LogP contribution in [-0.2, 0) is 0 Å². The Kier molecular flexibility index (Phi) is 6.08. The monoisotopic (exact) mass is 447 g/mol.